The number of amides is 1. The Hall–Kier alpha value is -1.66. The first-order valence-electron chi connectivity index (χ1n) is 6.99. The molecule has 2 rings (SSSR count). The number of halogens is 1. The second-order valence-electron chi connectivity index (χ2n) is 5.06. The highest BCUT2D eigenvalue weighted by Crippen LogP contribution is 2.24. The Labute approximate surface area is 128 Å². The lowest BCUT2D eigenvalue weighted by atomic mass is 10.1. The third kappa shape index (κ3) is 3.71. The molecule has 1 fully saturated rings. The first-order chi connectivity index (χ1) is 10.0. The minimum atomic E-state index is -0.550. The standard InChI is InChI=1S/C14H18ClN3O3/c1-2-17(9-11-4-3-7-16-11)14(19)12-8-10(15)5-6-13(12)18(20)21/h5-6,8,11,16H,2-4,7,9H2,1H3. The summed E-state index contributed by atoms with van der Waals surface area (Å²) in [6.45, 7) is 3.87. The van der Waals surface area contributed by atoms with Crippen molar-refractivity contribution in [2.45, 2.75) is 25.8 Å². The van der Waals surface area contributed by atoms with Crippen LogP contribution in [0.3, 0.4) is 0 Å². The molecular formula is C14H18ClN3O3. The van der Waals surface area contributed by atoms with E-state index in [1.165, 1.54) is 18.2 Å². The Morgan fingerprint density at radius 1 is 1.57 bits per heavy atom. The van der Waals surface area contributed by atoms with Crippen LogP contribution in [0, 0.1) is 10.1 Å². The molecule has 21 heavy (non-hydrogen) atoms. The summed E-state index contributed by atoms with van der Waals surface area (Å²) >= 11 is 5.88. The fourth-order valence-corrected chi connectivity index (χ4v) is 2.72. The summed E-state index contributed by atoms with van der Waals surface area (Å²) in [6, 6.07) is 4.32. The van der Waals surface area contributed by atoms with Gasteiger partial charge >= 0.3 is 0 Å². The Bertz CT molecular complexity index is 544. The minimum absolute atomic E-state index is 0.0485. The Morgan fingerprint density at radius 2 is 2.33 bits per heavy atom. The molecule has 0 aromatic heterocycles. The molecule has 0 radical (unpaired) electrons. The molecule has 1 atom stereocenters. The monoisotopic (exact) mass is 311 g/mol. The quantitative estimate of drug-likeness (QED) is 0.669. The van der Waals surface area contributed by atoms with E-state index in [1.54, 1.807) is 4.90 Å². The molecule has 1 heterocycles. The van der Waals surface area contributed by atoms with Crippen LogP contribution in [0.5, 0.6) is 0 Å². The fourth-order valence-electron chi connectivity index (χ4n) is 2.54. The van der Waals surface area contributed by atoms with Gasteiger partial charge in [-0.25, -0.2) is 0 Å². The van der Waals surface area contributed by atoms with Crippen molar-refractivity contribution in [3.63, 3.8) is 0 Å². The van der Waals surface area contributed by atoms with E-state index in [0.29, 0.717) is 18.1 Å². The third-order valence-electron chi connectivity index (χ3n) is 3.66. The van der Waals surface area contributed by atoms with Gasteiger partial charge in [-0.1, -0.05) is 11.6 Å². The van der Waals surface area contributed by atoms with Gasteiger partial charge in [0.05, 0.1) is 4.92 Å². The molecule has 0 saturated carbocycles. The van der Waals surface area contributed by atoms with Crippen molar-refractivity contribution in [2.24, 2.45) is 0 Å². The van der Waals surface area contributed by atoms with Gasteiger partial charge in [-0.2, -0.15) is 0 Å². The number of benzene rings is 1. The van der Waals surface area contributed by atoms with E-state index >= 15 is 0 Å². The molecule has 1 unspecified atom stereocenters. The number of rotatable bonds is 5. The predicted octanol–water partition coefficient (Wildman–Crippen LogP) is 2.46. The van der Waals surface area contributed by atoms with Gasteiger partial charge < -0.3 is 10.2 Å². The van der Waals surface area contributed by atoms with Crippen LogP contribution in [0.25, 0.3) is 0 Å². The highest BCUT2D eigenvalue weighted by Gasteiger charge is 2.26. The van der Waals surface area contributed by atoms with E-state index in [4.69, 9.17) is 11.6 Å². The number of likely N-dealkylation sites (N-methyl/N-ethyl adjacent to an activating group) is 1. The van der Waals surface area contributed by atoms with Crippen molar-refractivity contribution < 1.29 is 9.72 Å². The predicted molar refractivity (Wildman–Crippen MR) is 80.7 cm³/mol. The molecule has 114 valence electrons. The van der Waals surface area contributed by atoms with E-state index in [9.17, 15) is 14.9 Å². The van der Waals surface area contributed by atoms with E-state index < -0.39 is 4.92 Å². The fraction of sp³-hybridized carbons (Fsp3) is 0.500. The smallest absolute Gasteiger partial charge is 0.282 e. The maximum atomic E-state index is 12.6. The average Bonchev–Trinajstić information content (AvgIpc) is 2.96. The number of hydrogen-bond acceptors (Lipinski definition) is 4. The van der Waals surface area contributed by atoms with Crippen LogP contribution < -0.4 is 5.32 Å². The molecule has 1 aromatic carbocycles. The van der Waals surface area contributed by atoms with Gasteiger partial charge in [0.15, 0.2) is 0 Å². The van der Waals surface area contributed by atoms with Crippen molar-refractivity contribution in [1.82, 2.24) is 10.2 Å². The Morgan fingerprint density at radius 3 is 2.90 bits per heavy atom. The number of hydrogen-bond donors (Lipinski definition) is 1. The summed E-state index contributed by atoms with van der Waals surface area (Å²) in [6.07, 6.45) is 2.11. The number of nitro benzene ring substituents is 1. The molecule has 1 saturated heterocycles. The van der Waals surface area contributed by atoms with Gasteiger partial charge in [-0.15, -0.1) is 0 Å². The Kier molecular flexibility index (Phi) is 5.14. The molecule has 1 amide bonds. The third-order valence-corrected chi connectivity index (χ3v) is 3.89. The van der Waals surface area contributed by atoms with Crippen LogP contribution in [-0.4, -0.2) is 41.4 Å². The molecule has 1 aromatic rings. The second-order valence-corrected chi connectivity index (χ2v) is 5.49. The topological polar surface area (TPSA) is 75.5 Å². The highest BCUT2D eigenvalue weighted by atomic mass is 35.5. The molecule has 7 heteroatoms. The van der Waals surface area contributed by atoms with E-state index in [0.717, 1.165) is 19.4 Å². The summed E-state index contributed by atoms with van der Waals surface area (Å²) in [5.41, 5.74) is -0.158. The SMILES string of the molecule is CCN(CC1CCCN1)C(=O)c1cc(Cl)ccc1[N+](=O)[O-]. The van der Waals surface area contributed by atoms with Crippen molar-refractivity contribution in [2.75, 3.05) is 19.6 Å². The summed E-state index contributed by atoms with van der Waals surface area (Å²) in [4.78, 5) is 24.7. The lowest BCUT2D eigenvalue weighted by molar-refractivity contribution is -0.385. The number of nitro groups is 1. The number of nitrogens with one attached hydrogen (secondary N) is 1. The maximum Gasteiger partial charge on any atom is 0.282 e. The molecular weight excluding hydrogens is 294 g/mol. The van der Waals surface area contributed by atoms with Gasteiger partial charge in [0.1, 0.15) is 5.56 Å². The number of carbonyl (C=O) groups excluding carboxylic acids is 1. The summed E-state index contributed by atoms with van der Waals surface area (Å²) in [5, 5.41) is 14.7. The lowest BCUT2D eigenvalue weighted by Crippen LogP contribution is -2.41. The molecule has 0 aliphatic carbocycles. The van der Waals surface area contributed by atoms with E-state index in [2.05, 4.69) is 5.32 Å². The molecule has 1 aliphatic rings. The van der Waals surface area contributed by atoms with Gasteiger partial charge in [0.25, 0.3) is 11.6 Å². The van der Waals surface area contributed by atoms with Crippen LogP contribution in [0.15, 0.2) is 18.2 Å². The van der Waals surface area contributed by atoms with Gasteiger partial charge in [-0.3, -0.25) is 14.9 Å². The summed E-state index contributed by atoms with van der Waals surface area (Å²) in [7, 11) is 0. The molecule has 1 N–H and O–H groups in total. The summed E-state index contributed by atoms with van der Waals surface area (Å²) < 4.78 is 0. The van der Waals surface area contributed by atoms with Gasteiger partial charge in [0, 0.05) is 30.2 Å². The largest absolute Gasteiger partial charge is 0.337 e. The average molecular weight is 312 g/mol. The Balaban J connectivity index is 2.23. The molecule has 0 spiro atoms. The zero-order chi connectivity index (χ0) is 15.4. The van der Waals surface area contributed by atoms with Crippen molar-refractivity contribution in [3.8, 4) is 0 Å². The summed E-state index contributed by atoms with van der Waals surface area (Å²) in [5.74, 6) is -0.347. The second kappa shape index (κ2) is 6.87. The maximum absolute atomic E-state index is 12.6. The zero-order valence-corrected chi connectivity index (χ0v) is 12.6. The normalized spacial score (nSPS) is 17.7. The molecule has 0 bridgehead atoms. The first kappa shape index (κ1) is 15.7. The van der Waals surface area contributed by atoms with E-state index in [-0.39, 0.29) is 23.2 Å². The van der Waals surface area contributed by atoms with Crippen molar-refractivity contribution in [3.05, 3.63) is 38.9 Å². The highest BCUT2D eigenvalue weighted by molar-refractivity contribution is 6.31. The molecule has 1 aliphatic heterocycles. The van der Waals surface area contributed by atoms with Crippen LogP contribution >= 0.6 is 11.6 Å². The van der Waals surface area contributed by atoms with Crippen LogP contribution in [0.4, 0.5) is 5.69 Å². The zero-order valence-electron chi connectivity index (χ0n) is 11.8. The van der Waals surface area contributed by atoms with Crippen LogP contribution in [0.2, 0.25) is 5.02 Å². The van der Waals surface area contributed by atoms with Crippen LogP contribution in [-0.2, 0) is 0 Å². The first-order valence-corrected chi connectivity index (χ1v) is 7.37. The van der Waals surface area contributed by atoms with Crippen molar-refractivity contribution in [1.29, 1.82) is 0 Å². The van der Waals surface area contributed by atoms with E-state index in [1.807, 2.05) is 6.92 Å². The van der Waals surface area contributed by atoms with Crippen molar-refractivity contribution >= 4 is 23.2 Å². The number of carbonyl (C=O) groups is 1. The van der Waals surface area contributed by atoms with Gasteiger partial charge in [0.2, 0.25) is 0 Å². The number of nitrogens with zero attached hydrogens (tertiary/aromatic N) is 2. The minimum Gasteiger partial charge on any atom is -0.337 e. The molecule has 6 nitrogen and oxygen atoms in total. The lowest BCUT2D eigenvalue weighted by Gasteiger charge is -2.24. The van der Waals surface area contributed by atoms with Crippen LogP contribution in [0.1, 0.15) is 30.1 Å². The van der Waals surface area contributed by atoms with Gasteiger partial charge in [-0.05, 0) is 38.4 Å².